The molecule has 5 heteroatoms. The van der Waals surface area contributed by atoms with E-state index in [0.29, 0.717) is 13.0 Å². The number of carboxylic acids is 1. The van der Waals surface area contributed by atoms with Crippen LogP contribution >= 0.6 is 0 Å². The van der Waals surface area contributed by atoms with Gasteiger partial charge in [-0.15, -0.1) is 0 Å². The highest BCUT2D eigenvalue weighted by molar-refractivity contribution is 5.91. The zero-order chi connectivity index (χ0) is 14.4. The summed E-state index contributed by atoms with van der Waals surface area (Å²) in [5.41, 5.74) is 3.02. The first kappa shape index (κ1) is 15.0. The third-order valence-electron chi connectivity index (χ3n) is 2.74. The molecule has 0 heterocycles. The summed E-state index contributed by atoms with van der Waals surface area (Å²) in [4.78, 5) is 23.8. The van der Waals surface area contributed by atoms with E-state index in [2.05, 4.69) is 5.32 Å². The first-order chi connectivity index (χ1) is 8.90. The Morgan fingerprint density at radius 1 is 1.21 bits per heavy atom. The van der Waals surface area contributed by atoms with Gasteiger partial charge in [-0.3, -0.25) is 9.69 Å². The largest absolute Gasteiger partial charge is 0.481 e. The Bertz CT molecular complexity index is 452. The standard InChI is InChI=1S/C14H20N2O3/c1-10-7-11(2)9-12(8-10)16(3)14(19)15-6-4-5-13(17)18/h7-9H,4-6H2,1-3H3,(H,15,19)(H,17,18). The number of nitrogens with zero attached hydrogens (tertiary/aromatic N) is 1. The normalized spacial score (nSPS) is 10.1. The van der Waals surface area contributed by atoms with Crippen molar-refractivity contribution in [2.45, 2.75) is 26.7 Å². The molecule has 0 spiro atoms. The number of nitrogens with one attached hydrogen (secondary N) is 1. The van der Waals surface area contributed by atoms with E-state index in [-0.39, 0.29) is 12.5 Å². The molecular formula is C14H20N2O3. The van der Waals surface area contributed by atoms with Crippen LogP contribution in [0.25, 0.3) is 0 Å². The summed E-state index contributed by atoms with van der Waals surface area (Å²) in [6.07, 6.45) is 0.495. The van der Waals surface area contributed by atoms with Crippen molar-refractivity contribution in [2.75, 3.05) is 18.5 Å². The minimum absolute atomic E-state index is 0.0630. The number of anilines is 1. The third kappa shape index (κ3) is 4.99. The van der Waals surface area contributed by atoms with Gasteiger partial charge in [0, 0.05) is 25.7 Å². The number of amides is 2. The average molecular weight is 264 g/mol. The SMILES string of the molecule is Cc1cc(C)cc(N(C)C(=O)NCCCC(=O)O)c1. The van der Waals surface area contributed by atoms with Crippen LogP contribution in [-0.2, 0) is 4.79 Å². The Morgan fingerprint density at radius 2 is 1.79 bits per heavy atom. The number of urea groups is 1. The van der Waals surface area contributed by atoms with Gasteiger partial charge in [-0.25, -0.2) is 4.79 Å². The van der Waals surface area contributed by atoms with E-state index < -0.39 is 5.97 Å². The van der Waals surface area contributed by atoms with Gasteiger partial charge in [0.25, 0.3) is 0 Å². The molecule has 0 aliphatic heterocycles. The topological polar surface area (TPSA) is 69.6 Å². The monoisotopic (exact) mass is 264 g/mol. The first-order valence-corrected chi connectivity index (χ1v) is 6.22. The second kappa shape index (κ2) is 6.78. The van der Waals surface area contributed by atoms with E-state index >= 15 is 0 Å². The van der Waals surface area contributed by atoms with Crippen LogP contribution in [0.15, 0.2) is 18.2 Å². The molecule has 0 aromatic heterocycles. The summed E-state index contributed by atoms with van der Waals surface area (Å²) >= 11 is 0. The molecule has 0 aliphatic rings. The van der Waals surface area contributed by atoms with E-state index in [1.165, 1.54) is 4.90 Å². The van der Waals surface area contributed by atoms with Crippen molar-refractivity contribution < 1.29 is 14.7 Å². The van der Waals surface area contributed by atoms with E-state index in [4.69, 9.17) is 5.11 Å². The maximum atomic E-state index is 11.9. The molecule has 2 N–H and O–H groups in total. The van der Waals surface area contributed by atoms with Gasteiger partial charge in [-0.1, -0.05) is 6.07 Å². The molecule has 0 saturated heterocycles. The molecule has 0 fully saturated rings. The second-order valence-corrected chi connectivity index (χ2v) is 4.63. The lowest BCUT2D eigenvalue weighted by Crippen LogP contribution is -2.37. The summed E-state index contributed by atoms with van der Waals surface area (Å²) in [7, 11) is 1.70. The average Bonchev–Trinajstić information content (AvgIpc) is 2.32. The van der Waals surface area contributed by atoms with E-state index in [1.54, 1.807) is 7.05 Å². The van der Waals surface area contributed by atoms with Gasteiger partial charge in [0.2, 0.25) is 0 Å². The summed E-state index contributed by atoms with van der Waals surface area (Å²) in [5.74, 6) is -0.850. The Hall–Kier alpha value is -2.04. The van der Waals surface area contributed by atoms with Crippen molar-refractivity contribution in [3.63, 3.8) is 0 Å². The van der Waals surface area contributed by atoms with Crippen LogP contribution in [-0.4, -0.2) is 30.7 Å². The highest BCUT2D eigenvalue weighted by atomic mass is 16.4. The Morgan fingerprint density at radius 3 is 2.32 bits per heavy atom. The highest BCUT2D eigenvalue weighted by Crippen LogP contribution is 2.17. The fourth-order valence-electron chi connectivity index (χ4n) is 1.82. The van der Waals surface area contributed by atoms with Gasteiger partial charge in [0.15, 0.2) is 0 Å². The first-order valence-electron chi connectivity index (χ1n) is 6.22. The molecule has 0 bridgehead atoms. The molecule has 5 nitrogen and oxygen atoms in total. The molecule has 1 aromatic rings. The smallest absolute Gasteiger partial charge is 0.321 e. The van der Waals surface area contributed by atoms with Crippen molar-refractivity contribution in [3.05, 3.63) is 29.3 Å². The molecule has 0 radical (unpaired) electrons. The maximum absolute atomic E-state index is 11.9. The minimum Gasteiger partial charge on any atom is -0.481 e. The molecule has 0 unspecified atom stereocenters. The second-order valence-electron chi connectivity index (χ2n) is 4.63. The van der Waals surface area contributed by atoms with E-state index in [1.807, 2.05) is 32.0 Å². The number of aliphatic carboxylic acids is 1. The fraction of sp³-hybridized carbons (Fsp3) is 0.429. The lowest BCUT2D eigenvalue weighted by atomic mass is 10.1. The molecule has 104 valence electrons. The number of hydrogen-bond acceptors (Lipinski definition) is 2. The predicted octanol–water partition coefficient (Wildman–Crippen LogP) is 2.31. The van der Waals surface area contributed by atoms with Gasteiger partial charge in [0.1, 0.15) is 0 Å². The number of hydrogen-bond donors (Lipinski definition) is 2. The van der Waals surface area contributed by atoms with Crippen LogP contribution < -0.4 is 10.2 Å². The zero-order valence-electron chi connectivity index (χ0n) is 11.6. The van der Waals surface area contributed by atoms with Gasteiger partial charge < -0.3 is 10.4 Å². The van der Waals surface area contributed by atoms with Gasteiger partial charge in [-0.2, -0.15) is 0 Å². The van der Waals surface area contributed by atoms with Gasteiger partial charge in [0.05, 0.1) is 0 Å². The fourth-order valence-corrected chi connectivity index (χ4v) is 1.82. The van der Waals surface area contributed by atoms with Crippen molar-refractivity contribution in [1.82, 2.24) is 5.32 Å². The van der Waals surface area contributed by atoms with Crippen molar-refractivity contribution in [3.8, 4) is 0 Å². The van der Waals surface area contributed by atoms with Gasteiger partial charge in [-0.05, 0) is 43.5 Å². The number of carboxylic acid groups (broad SMARTS) is 1. The number of benzene rings is 1. The summed E-state index contributed by atoms with van der Waals surface area (Å²) in [5, 5.41) is 11.2. The summed E-state index contributed by atoms with van der Waals surface area (Å²) in [6, 6.07) is 5.69. The van der Waals surface area contributed by atoms with Crippen LogP contribution in [0, 0.1) is 13.8 Å². The molecule has 0 atom stereocenters. The molecule has 19 heavy (non-hydrogen) atoms. The van der Waals surface area contributed by atoms with Crippen LogP contribution in [0.2, 0.25) is 0 Å². The molecule has 2 amide bonds. The number of carbonyl (C=O) groups is 2. The summed E-state index contributed by atoms with van der Waals surface area (Å²) in [6.45, 7) is 4.32. The number of aryl methyl sites for hydroxylation is 2. The van der Waals surface area contributed by atoms with Crippen LogP contribution in [0.5, 0.6) is 0 Å². The van der Waals surface area contributed by atoms with E-state index in [0.717, 1.165) is 16.8 Å². The lowest BCUT2D eigenvalue weighted by molar-refractivity contribution is -0.137. The molecule has 1 aromatic carbocycles. The molecular weight excluding hydrogens is 244 g/mol. The quantitative estimate of drug-likeness (QED) is 0.802. The van der Waals surface area contributed by atoms with Crippen molar-refractivity contribution >= 4 is 17.7 Å². The van der Waals surface area contributed by atoms with Crippen LogP contribution in [0.4, 0.5) is 10.5 Å². The van der Waals surface area contributed by atoms with Crippen LogP contribution in [0.3, 0.4) is 0 Å². The highest BCUT2D eigenvalue weighted by Gasteiger charge is 2.10. The third-order valence-corrected chi connectivity index (χ3v) is 2.74. The maximum Gasteiger partial charge on any atom is 0.321 e. The van der Waals surface area contributed by atoms with Crippen molar-refractivity contribution in [2.24, 2.45) is 0 Å². The number of carbonyl (C=O) groups excluding carboxylic acids is 1. The Labute approximate surface area is 113 Å². The number of rotatable bonds is 5. The van der Waals surface area contributed by atoms with Gasteiger partial charge >= 0.3 is 12.0 Å². The zero-order valence-corrected chi connectivity index (χ0v) is 11.6. The van der Waals surface area contributed by atoms with Crippen molar-refractivity contribution in [1.29, 1.82) is 0 Å². The minimum atomic E-state index is -0.850. The van der Waals surface area contributed by atoms with E-state index in [9.17, 15) is 9.59 Å². The lowest BCUT2D eigenvalue weighted by Gasteiger charge is -2.19. The Balaban J connectivity index is 2.54. The predicted molar refractivity (Wildman–Crippen MR) is 74.6 cm³/mol. The molecule has 0 saturated carbocycles. The molecule has 0 aliphatic carbocycles. The Kier molecular flexibility index (Phi) is 5.36. The summed E-state index contributed by atoms with van der Waals surface area (Å²) < 4.78 is 0. The molecule has 1 rings (SSSR count). The van der Waals surface area contributed by atoms with Crippen LogP contribution in [0.1, 0.15) is 24.0 Å².